The summed E-state index contributed by atoms with van der Waals surface area (Å²) in [7, 11) is 0. The van der Waals surface area contributed by atoms with Gasteiger partial charge in [-0.3, -0.25) is 9.59 Å². The average molecular weight is 234 g/mol. The van der Waals surface area contributed by atoms with Gasteiger partial charge in [-0.25, -0.2) is 0 Å². The van der Waals surface area contributed by atoms with Gasteiger partial charge in [-0.15, -0.1) is 6.58 Å². The molecule has 1 aromatic heterocycles. The number of pyridine rings is 1. The van der Waals surface area contributed by atoms with Crippen molar-refractivity contribution in [2.75, 3.05) is 6.54 Å². The molecule has 0 saturated carbocycles. The van der Waals surface area contributed by atoms with Gasteiger partial charge in [-0.1, -0.05) is 6.08 Å². The lowest BCUT2D eigenvalue weighted by atomic mass is 10.2. The molecule has 0 aliphatic rings. The zero-order valence-electron chi connectivity index (χ0n) is 10.5. The molecule has 0 aliphatic carbocycles. The number of rotatable bonds is 4. The average Bonchev–Trinajstić information content (AvgIpc) is 2.24. The number of carbonyl (C=O) groups excluding carboxylic acids is 1. The Hall–Kier alpha value is -1.84. The van der Waals surface area contributed by atoms with Crippen molar-refractivity contribution in [1.82, 2.24) is 9.88 Å². The van der Waals surface area contributed by atoms with Gasteiger partial charge in [0.05, 0.1) is 0 Å². The van der Waals surface area contributed by atoms with Crippen molar-refractivity contribution >= 4 is 5.91 Å². The molecule has 0 aliphatic heterocycles. The second kappa shape index (κ2) is 5.48. The fourth-order valence-corrected chi connectivity index (χ4v) is 1.56. The molecule has 1 rings (SSSR count). The Morgan fingerprint density at radius 2 is 2.24 bits per heavy atom. The van der Waals surface area contributed by atoms with Crippen molar-refractivity contribution in [3.05, 3.63) is 46.4 Å². The topological polar surface area (TPSA) is 53.2 Å². The van der Waals surface area contributed by atoms with E-state index < -0.39 is 0 Å². The number of nitrogens with one attached hydrogen (secondary N) is 1. The minimum absolute atomic E-state index is 0.0289. The fraction of sp³-hybridized carbons (Fsp3) is 0.385. The van der Waals surface area contributed by atoms with Gasteiger partial charge in [0.25, 0.3) is 5.91 Å². The van der Waals surface area contributed by atoms with Crippen LogP contribution >= 0.6 is 0 Å². The molecule has 92 valence electrons. The van der Waals surface area contributed by atoms with Crippen LogP contribution in [0.25, 0.3) is 0 Å². The van der Waals surface area contributed by atoms with Gasteiger partial charge >= 0.3 is 0 Å². The van der Waals surface area contributed by atoms with E-state index in [4.69, 9.17) is 0 Å². The van der Waals surface area contributed by atoms with Crippen LogP contribution in [0.2, 0.25) is 0 Å². The van der Waals surface area contributed by atoms with E-state index in [0.29, 0.717) is 6.54 Å². The van der Waals surface area contributed by atoms with Gasteiger partial charge in [-0.05, 0) is 20.8 Å². The summed E-state index contributed by atoms with van der Waals surface area (Å²) < 4.78 is 0. The van der Waals surface area contributed by atoms with Gasteiger partial charge in [0.15, 0.2) is 5.43 Å². The van der Waals surface area contributed by atoms with Crippen molar-refractivity contribution < 1.29 is 4.79 Å². The highest BCUT2D eigenvalue weighted by Crippen LogP contribution is 2.05. The molecule has 1 amide bonds. The number of aromatic amines is 1. The van der Waals surface area contributed by atoms with Crippen LogP contribution in [0.5, 0.6) is 0 Å². The highest BCUT2D eigenvalue weighted by molar-refractivity contribution is 5.94. The Kier molecular flexibility index (Phi) is 4.26. The van der Waals surface area contributed by atoms with Crippen LogP contribution in [0.4, 0.5) is 0 Å². The third-order valence-corrected chi connectivity index (χ3v) is 2.50. The lowest BCUT2D eigenvalue weighted by Crippen LogP contribution is -2.39. The molecular weight excluding hydrogens is 216 g/mol. The molecule has 0 atom stereocenters. The number of amides is 1. The smallest absolute Gasteiger partial charge is 0.259 e. The molecule has 0 bridgehead atoms. The first-order valence-electron chi connectivity index (χ1n) is 5.58. The molecule has 1 aromatic rings. The van der Waals surface area contributed by atoms with Crippen LogP contribution in [-0.2, 0) is 0 Å². The molecular formula is C13H18N2O2. The zero-order valence-corrected chi connectivity index (χ0v) is 10.5. The summed E-state index contributed by atoms with van der Waals surface area (Å²) in [6.45, 7) is 9.64. The predicted molar refractivity (Wildman–Crippen MR) is 68.2 cm³/mol. The summed E-state index contributed by atoms with van der Waals surface area (Å²) in [4.78, 5) is 28.4. The lowest BCUT2D eigenvalue weighted by molar-refractivity contribution is 0.0727. The Labute approximate surface area is 101 Å². The summed E-state index contributed by atoms with van der Waals surface area (Å²) in [6.07, 6.45) is 3.12. The first kappa shape index (κ1) is 13.2. The van der Waals surface area contributed by atoms with Crippen LogP contribution in [0, 0.1) is 6.92 Å². The third kappa shape index (κ3) is 3.06. The number of nitrogens with zero attached hydrogens (tertiary/aromatic N) is 1. The molecule has 0 saturated heterocycles. The predicted octanol–water partition coefficient (Wildman–Crippen LogP) is 1.72. The third-order valence-electron chi connectivity index (χ3n) is 2.50. The summed E-state index contributed by atoms with van der Waals surface area (Å²) in [5.41, 5.74) is 0.665. The van der Waals surface area contributed by atoms with Crippen molar-refractivity contribution in [1.29, 1.82) is 0 Å². The fourth-order valence-electron chi connectivity index (χ4n) is 1.56. The Bertz CT molecular complexity index is 475. The summed E-state index contributed by atoms with van der Waals surface area (Å²) in [6, 6.07) is 1.46. The lowest BCUT2D eigenvalue weighted by Gasteiger charge is -2.25. The standard InChI is InChI=1S/C13H18N2O2/c1-5-6-15(9(2)3)13(17)11-8-14-10(4)7-12(11)16/h5,7-9H,1,6H2,2-4H3,(H,14,16). The summed E-state index contributed by atoms with van der Waals surface area (Å²) >= 11 is 0. The number of carbonyl (C=O) groups is 1. The first-order chi connectivity index (χ1) is 7.97. The van der Waals surface area contributed by atoms with E-state index >= 15 is 0 Å². The molecule has 4 nitrogen and oxygen atoms in total. The molecule has 17 heavy (non-hydrogen) atoms. The van der Waals surface area contributed by atoms with Crippen LogP contribution < -0.4 is 5.43 Å². The summed E-state index contributed by atoms with van der Waals surface area (Å²) in [5, 5.41) is 0. The minimum atomic E-state index is -0.263. The molecule has 1 heterocycles. The zero-order chi connectivity index (χ0) is 13.0. The monoisotopic (exact) mass is 234 g/mol. The van der Waals surface area contributed by atoms with Crippen LogP contribution in [0.3, 0.4) is 0 Å². The molecule has 4 heteroatoms. The van der Waals surface area contributed by atoms with Crippen molar-refractivity contribution in [3.63, 3.8) is 0 Å². The van der Waals surface area contributed by atoms with E-state index in [1.807, 2.05) is 13.8 Å². The molecule has 0 unspecified atom stereocenters. The van der Waals surface area contributed by atoms with E-state index in [1.54, 1.807) is 17.9 Å². The number of aryl methyl sites for hydroxylation is 1. The first-order valence-corrected chi connectivity index (χ1v) is 5.58. The van der Waals surface area contributed by atoms with Crippen molar-refractivity contribution in [2.24, 2.45) is 0 Å². The van der Waals surface area contributed by atoms with Crippen molar-refractivity contribution in [2.45, 2.75) is 26.8 Å². The van der Waals surface area contributed by atoms with Crippen LogP contribution in [0.1, 0.15) is 29.9 Å². The van der Waals surface area contributed by atoms with Gasteiger partial charge in [0.2, 0.25) is 0 Å². The van der Waals surface area contributed by atoms with Gasteiger partial charge in [0, 0.05) is 30.5 Å². The van der Waals surface area contributed by atoms with Gasteiger partial charge in [-0.2, -0.15) is 0 Å². The van der Waals surface area contributed by atoms with E-state index in [1.165, 1.54) is 12.3 Å². The molecule has 0 aromatic carbocycles. The van der Waals surface area contributed by atoms with Crippen LogP contribution in [-0.4, -0.2) is 28.4 Å². The SMILES string of the molecule is C=CCN(C(=O)c1c[nH]c(C)cc1=O)C(C)C. The largest absolute Gasteiger partial charge is 0.364 e. The molecule has 0 radical (unpaired) electrons. The van der Waals surface area contributed by atoms with Crippen LogP contribution in [0.15, 0.2) is 29.7 Å². The maximum Gasteiger partial charge on any atom is 0.259 e. The van der Waals surface area contributed by atoms with E-state index in [9.17, 15) is 9.59 Å². The maximum atomic E-state index is 12.2. The maximum absolute atomic E-state index is 12.2. The van der Waals surface area contributed by atoms with Crippen molar-refractivity contribution in [3.8, 4) is 0 Å². The minimum Gasteiger partial charge on any atom is -0.364 e. The van der Waals surface area contributed by atoms with Gasteiger partial charge in [0.1, 0.15) is 5.56 Å². The number of H-pyrrole nitrogens is 1. The number of hydrogen-bond donors (Lipinski definition) is 1. The Morgan fingerprint density at radius 1 is 1.59 bits per heavy atom. The van der Waals surface area contributed by atoms with Gasteiger partial charge < -0.3 is 9.88 Å². The Balaban J connectivity index is 3.09. The molecule has 0 spiro atoms. The van der Waals surface area contributed by atoms with E-state index in [-0.39, 0.29) is 22.9 Å². The number of hydrogen-bond acceptors (Lipinski definition) is 2. The normalized spacial score (nSPS) is 10.4. The quantitative estimate of drug-likeness (QED) is 0.806. The van der Waals surface area contributed by atoms with E-state index in [0.717, 1.165) is 5.69 Å². The summed E-state index contributed by atoms with van der Waals surface area (Å²) in [5.74, 6) is -0.263. The second-order valence-electron chi connectivity index (χ2n) is 4.23. The molecule has 0 fully saturated rings. The second-order valence-corrected chi connectivity index (χ2v) is 4.23. The Morgan fingerprint density at radius 3 is 2.71 bits per heavy atom. The highest BCUT2D eigenvalue weighted by atomic mass is 16.2. The highest BCUT2D eigenvalue weighted by Gasteiger charge is 2.19. The molecule has 1 N–H and O–H groups in total. The number of aromatic nitrogens is 1. The van der Waals surface area contributed by atoms with E-state index in [2.05, 4.69) is 11.6 Å².